The first-order chi connectivity index (χ1) is 9.85. The molecule has 0 unspecified atom stereocenters. The Labute approximate surface area is 126 Å². The number of amides is 1. The lowest BCUT2D eigenvalue weighted by Crippen LogP contribution is -2.36. The zero-order chi connectivity index (χ0) is 15.5. The minimum Gasteiger partial charge on any atom is -0.468 e. The summed E-state index contributed by atoms with van der Waals surface area (Å²) in [6.45, 7) is 10.4. The van der Waals surface area contributed by atoms with Crippen molar-refractivity contribution in [1.29, 1.82) is 0 Å². The molecule has 0 aliphatic carbocycles. The Bertz CT molecular complexity index is 451. The minimum absolute atomic E-state index is 0.284. The van der Waals surface area contributed by atoms with Crippen molar-refractivity contribution in [2.45, 2.75) is 45.8 Å². The predicted octanol–water partition coefficient (Wildman–Crippen LogP) is 3.19. The van der Waals surface area contributed by atoms with Crippen LogP contribution < -0.4 is 5.32 Å². The highest BCUT2D eigenvalue weighted by Crippen LogP contribution is 2.27. The number of hydrogen-bond acceptors (Lipinski definition) is 4. The molecule has 0 bridgehead atoms. The van der Waals surface area contributed by atoms with Crippen molar-refractivity contribution in [2.75, 3.05) is 19.6 Å². The van der Waals surface area contributed by atoms with E-state index < -0.39 is 5.60 Å². The first-order valence-electron chi connectivity index (χ1n) is 7.59. The van der Waals surface area contributed by atoms with E-state index in [0.29, 0.717) is 12.5 Å². The normalized spacial score (nSPS) is 21.2. The highest BCUT2D eigenvalue weighted by molar-refractivity contribution is 5.67. The van der Waals surface area contributed by atoms with Gasteiger partial charge in [-0.05, 0) is 58.7 Å². The summed E-state index contributed by atoms with van der Waals surface area (Å²) in [4.78, 5) is 14.0. The van der Waals surface area contributed by atoms with Gasteiger partial charge in [-0.2, -0.15) is 0 Å². The molecule has 1 N–H and O–H groups in total. The molecule has 2 rings (SSSR count). The summed E-state index contributed by atoms with van der Waals surface area (Å²) in [5, 5.41) is 2.86. The zero-order valence-corrected chi connectivity index (χ0v) is 13.4. The fraction of sp³-hybridized carbons (Fsp3) is 0.688. The molecule has 0 spiro atoms. The molecule has 2 heterocycles. The molecule has 2 atom stereocenters. The van der Waals surface area contributed by atoms with E-state index in [-0.39, 0.29) is 12.1 Å². The fourth-order valence-corrected chi connectivity index (χ4v) is 2.63. The number of hydrogen-bond donors (Lipinski definition) is 1. The van der Waals surface area contributed by atoms with Crippen LogP contribution in [0.15, 0.2) is 22.8 Å². The summed E-state index contributed by atoms with van der Waals surface area (Å²) in [6, 6.07) is 4.21. The van der Waals surface area contributed by atoms with Crippen molar-refractivity contribution in [3.8, 4) is 0 Å². The number of nitrogens with one attached hydrogen (secondary N) is 1. The summed E-state index contributed by atoms with van der Waals surface area (Å²) in [5.74, 6) is 1.46. The van der Waals surface area contributed by atoms with Gasteiger partial charge in [0.1, 0.15) is 11.4 Å². The quantitative estimate of drug-likeness (QED) is 0.926. The average Bonchev–Trinajstić information content (AvgIpc) is 3.05. The summed E-state index contributed by atoms with van der Waals surface area (Å²) in [5.41, 5.74) is -0.445. The first kappa shape index (κ1) is 15.9. The minimum atomic E-state index is -0.445. The Morgan fingerprint density at radius 2 is 2.33 bits per heavy atom. The number of likely N-dealkylation sites (tertiary alicyclic amines) is 1. The van der Waals surface area contributed by atoms with E-state index in [1.165, 1.54) is 0 Å². The number of alkyl carbamates (subject to hydrolysis) is 1. The van der Waals surface area contributed by atoms with Gasteiger partial charge in [0.2, 0.25) is 0 Å². The number of rotatable bonds is 4. The molecule has 0 aromatic carbocycles. The van der Waals surface area contributed by atoms with E-state index in [4.69, 9.17) is 9.15 Å². The van der Waals surface area contributed by atoms with Gasteiger partial charge in [-0.1, -0.05) is 0 Å². The van der Waals surface area contributed by atoms with Gasteiger partial charge in [-0.15, -0.1) is 0 Å². The van der Waals surface area contributed by atoms with Gasteiger partial charge in [0.25, 0.3) is 0 Å². The molecule has 0 radical (unpaired) electrons. The highest BCUT2D eigenvalue weighted by Gasteiger charge is 2.28. The van der Waals surface area contributed by atoms with Gasteiger partial charge < -0.3 is 14.5 Å². The van der Waals surface area contributed by atoms with E-state index in [1.54, 1.807) is 6.26 Å². The molecule has 1 aromatic rings. The van der Waals surface area contributed by atoms with Crippen LogP contribution in [0.2, 0.25) is 0 Å². The maximum atomic E-state index is 11.7. The van der Waals surface area contributed by atoms with Crippen molar-refractivity contribution in [1.82, 2.24) is 10.2 Å². The second-order valence-corrected chi connectivity index (χ2v) is 6.72. The Balaban J connectivity index is 1.74. The fourth-order valence-electron chi connectivity index (χ4n) is 2.63. The lowest BCUT2D eigenvalue weighted by atomic mass is 10.1. The van der Waals surface area contributed by atoms with E-state index in [0.717, 1.165) is 25.3 Å². The second kappa shape index (κ2) is 6.52. The van der Waals surface area contributed by atoms with Crippen LogP contribution in [0.4, 0.5) is 4.79 Å². The number of carbonyl (C=O) groups excluding carboxylic acids is 1. The number of furan rings is 1. The van der Waals surface area contributed by atoms with Crippen molar-refractivity contribution in [3.05, 3.63) is 24.2 Å². The molecule has 118 valence electrons. The van der Waals surface area contributed by atoms with Crippen molar-refractivity contribution < 1.29 is 13.9 Å². The van der Waals surface area contributed by atoms with Crippen molar-refractivity contribution >= 4 is 6.09 Å². The Kier molecular flexibility index (Phi) is 4.93. The van der Waals surface area contributed by atoms with Crippen LogP contribution in [0.1, 0.15) is 45.9 Å². The predicted molar refractivity (Wildman–Crippen MR) is 81.0 cm³/mol. The molecule has 1 saturated heterocycles. The van der Waals surface area contributed by atoms with Gasteiger partial charge >= 0.3 is 6.09 Å². The number of carbonyl (C=O) groups is 1. The number of ether oxygens (including phenoxy) is 1. The third kappa shape index (κ3) is 4.77. The molecule has 1 aliphatic rings. The molecular formula is C16H26N2O3. The van der Waals surface area contributed by atoms with Gasteiger partial charge in [0, 0.05) is 13.1 Å². The molecular weight excluding hydrogens is 268 g/mol. The van der Waals surface area contributed by atoms with Crippen LogP contribution in [0.3, 0.4) is 0 Å². The largest absolute Gasteiger partial charge is 0.468 e. The maximum absolute atomic E-state index is 11.7. The lowest BCUT2D eigenvalue weighted by Gasteiger charge is -2.23. The molecule has 1 fully saturated rings. The second-order valence-electron chi connectivity index (χ2n) is 6.72. The summed E-state index contributed by atoms with van der Waals surface area (Å²) < 4.78 is 10.7. The molecule has 1 aromatic heterocycles. The Morgan fingerprint density at radius 1 is 1.57 bits per heavy atom. The number of nitrogens with zero attached hydrogens (tertiary/aromatic N) is 1. The van der Waals surface area contributed by atoms with Crippen molar-refractivity contribution in [3.63, 3.8) is 0 Å². The SMILES string of the molecule is C[C@H](c1ccco1)N1CC[C@@H](CNC(=O)OC(C)(C)C)C1. The highest BCUT2D eigenvalue weighted by atomic mass is 16.6. The summed E-state index contributed by atoms with van der Waals surface area (Å²) in [7, 11) is 0. The molecule has 1 amide bonds. The molecule has 1 aliphatic heterocycles. The molecule has 0 saturated carbocycles. The summed E-state index contributed by atoms with van der Waals surface area (Å²) in [6.07, 6.45) is 2.46. The van der Waals surface area contributed by atoms with Gasteiger partial charge in [0.15, 0.2) is 0 Å². The first-order valence-corrected chi connectivity index (χ1v) is 7.59. The van der Waals surface area contributed by atoms with Crippen molar-refractivity contribution in [2.24, 2.45) is 5.92 Å². The monoisotopic (exact) mass is 294 g/mol. The van der Waals surface area contributed by atoms with Gasteiger partial charge in [-0.25, -0.2) is 4.79 Å². The third-order valence-corrected chi connectivity index (χ3v) is 3.75. The third-order valence-electron chi connectivity index (χ3n) is 3.75. The van der Waals surface area contributed by atoms with Crippen LogP contribution >= 0.6 is 0 Å². The lowest BCUT2D eigenvalue weighted by molar-refractivity contribution is 0.0519. The molecule has 5 heteroatoms. The van der Waals surface area contributed by atoms with Gasteiger partial charge in [0.05, 0.1) is 12.3 Å². The van der Waals surface area contributed by atoms with Crippen LogP contribution in [-0.4, -0.2) is 36.2 Å². The Hall–Kier alpha value is -1.49. The van der Waals surface area contributed by atoms with Crippen LogP contribution in [0.25, 0.3) is 0 Å². The maximum Gasteiger partial charge on any atom is 0.407 e. The van der Waals surface area contributed by atoms with Crippen LogP contribution in [-0.2, 0) is 4.74 Å². The molecule has 5 nitrogen and oxygen atoms in total. The average molecular weight is 294 g/mol. The van der Waals surface area contributed by atoms with E-state index in [2.05, 4.69) is 17.1 Å². The van der Waals surface area contributed by atoms with E-state index in [1.807, 2.05) is 32.9 Å². The van der Waals surface area contributed by atoms with E-state index >= 15 is 0 Å². The zero-order valence-electron chi connectivity index (χ0n) is 13.4. The Morgan fingerprint density at radius 3 is 2.95 bits per heavy atom. The molecule has 21 heavy (non-hydrogen) atoms. The standard InChI is InChI=1S/C16H26N2O3/c1-12(14-6-5-9-20-14)18-8-7-13(11-18)10-17-15(19)21-16(2,3)4/h5-6,9,12-13H,7-8,10-11H2,1-4H3,(H,17,19)/t12-,13+/m1/s1. The summed E-state index contributed by atoms with van der Waals surface area (Å²) >= 11 is 0. The van der Waals surface area contributed by atoms with E-state index in [9.17, 15) is 4.79 Å². The van der Waals surface area contributed by atoms with Gasteiger partial charge in [-0.3, -0.25) is 4.90 Å². The van der Waals surface area contributed by atoms with Crippen LogP contribution in [0.5, 0.6) is 0 Å². The smallest absolute Gasteiger partial charge is 0.407 e. The van der Waals surface area contributed by atoms with Crippen LogP contribution in [0, 0.1) is 5.92 Å². The topological polar surface area (TPSA) is 54.7 Å².